The highest BCUT2D eigenvalue weighted by atomic mass is 32.2. The zero-order valence-corrected chi connectivity index (χ0v) is 16.2. The molecule has 0 bridgehead atoms. The van der Waals surface area contributed by atoms with Gasteiger partial charge in [-0.15, -0.1) is 11.8 Å². The predicted molar refractivity (Wildman–Crippen MR) is 110 cm³/mol. The number of urea groups is 1. The Morgan fingerprint density at radius 2 is 1.93 bits per heavy atom. The zero-order valence-electron chi connectivity index (χ0n) is 15.4. The van der Waals surface area contributed by atoms with Crippen LogP contribution in [0.2, 0.25) is 0 Å². The number of nitrogens with one attached hydrogen (secondary N) is 3. The third-order valence-corrected chi connectivity index (χ3v) is 5.14. The van der Waals surface area contributed by atoms with Crippen LogP contribution in [0.5, 0.6) is 0 Å². The first kappa shape index (κ1) is 19.8. The summed E-state index contributed by atoms with van der Waals surface area (Å²) in [5.41, 5.74) is 1.64. The van der Waals surface area contributed by atoms with Gasteiger partial charge in [0.1, 0.15) is 5.82 Å². The number of hydrogen-bond acceptors (Lipinski definition) is 3. The summed E-state index contributed by atoms with van der Waals surface area (Å²) in [6, 6.07) is 13.1. The van der Waals surface area contributed by atoms with E-state index in [-0.39, 0.29) is 17.5 Å². The zero-order chi connectivity index (χ0) is 19.9. The average molecular weight is 400 g/mol. The second kappa shape index (κ2) is 9.27. The Kier molecular flexibility index (Phi) is 6.54. The number of rotatable bonds is 7. The fourth-order valence-electron chi connectivity index (χ4n) is 2.69. The van der Waals surface area contributed by atoms with Crippen LogP contribution in [0.3, 0.4) is 0 Å². The van der Waals surface area contributed by atoms with Gasteiger partial charge in [-0.2, -0.15) is 0 Å². The molecule has 2 amide bonds. The van der Waals surface area contributed by atoms with Crippen molar-refractivity contribution in [3.63, 3.8) is 0 Å². The van der Waals surface area contributed by atoms with E-state index in [0.717, 1.165) is 22.8 Å². The van der Waals surface area contributed by atoms with Gasteiger partial charge >= 0.3 is 11.7 Å². The van der Waals surface area contributed by atoms with E-state index in [0.29, 0.717) is 17.9 Å². The molecule has 1 heterocycles. The Bertz CT molecular complexity index is 998. The first-order valence-corrected chi connectivity index (χ1v) is 9.83. The Balaban J connectivity index is 1.50. The van der Waals surface area contributed by atoms with Crippen molar-refractivity contribution in [3.05, 3.63) is 76.7 Å². The van der Waals surface area contributed by atoms with E-state index in [2.05, 4.69) is 15.6 Å². The van der Waals surface area contributed by atoms with Crippen LogP contribution in [0, 0.1) is 12.7 Å². The molecular formula is C20H21FN4O2S. The second-order valence-corrected chi connectivity index (χ2v) is 7.29. The number of imidazole rings is 1. The molecule has 146 valence electrons. The summed E-state index contributed by atoms with van der Waals surface area (Å²) in [6.45, 7) is 2.32. The smallest absolute Gasteiger partial charge is 0.330 e. The summed E-state index contributed by atoms with van der Waals surface area (Å²) in [5.74, 6) is 0.556. The van der Waals surface area contributed by atoms with Gasteiger partial charge in [-0.05, 0) is 55.5 Å². The number of carbonyl (C=O) groups is 1. The number of aromatic amines is 1. The molecule has 28 heavy (non-hydrogen) atoms. The lowest BCUT2D eigenvalue weighted by Gasteiger charge is -2.13. The molecule has 0 aliphatic heterocycles. The van der Waals surface area contributed by atoms with E-state index >= 15 is 0 Å². The Morgan fingerprint density at radius 3 is 2.64 bits per heavy atom. The van der Waals surface area contributed by atoms with E-state index in [1.807, 2.05) is 13.0 Å². The summed E-state index contributed by atoms with van der Waals surface area (Å²) in [7, 11) is 0. The number of anilines is 1. The molecule has 0 fully saturated rings. The number of para-hydroxylation sites is 2. The maximum absolute atomic E-state index is 12.9. The number of amides is 2. The third kappa shape index (κ3) is 5.04. The molecule has 0 aliphatic carbocycles. The summed E-state index contributed by atoms with van der Waals surface area (Å²) >= 11 is 1.61. The molecular weight excluding hydrogens is 379 g/mol. The highest BCUT2D eigenvalue weighted by Gasteiger charge is 2.11. The van der Waals surface area contributed by atoms with Gasteiger partial charge in [0, 0.05) is 23.3 Å². The quantitative estimate of drug-likeness (QED) is 0.415. The van der Waals surface area contributed by atoms with E-state index < -0.39 is 0 Å². The van der Waals surface area contributed by atoms with Crippen molar-refractivity contribution in [1.29, 1.82) is 0 Å². The lowest BCUT2D eigenvalue weighted by molar-refractivity contribution is 0.252. The SMILES string of the molecule is Cc1c[nH]c(=O)n1-c1ccccc1NC(=O)NCCCSc1ccc(F)cc1. The lowest BCUT2D eigenvalue weighted by atomic mass is 10.2. The van der Waals surface area contributed by atoms with E-state index in [9.17, 15) is 14.0 Å². The number of H-pyrrole nitrogens is 1. The van der Waals surface area contributed by atoms with Gasteiger partial charge in [0.05, 0.1) is 11.4 Å². The van der Waals surface area contributed by atoms with Gasteiger partial charge in [0.25, 0.3) is 0 Å². The number of carbonyl (C=O) groups excluding carboxylic acids is 1. The van der Waals surface area contributed by atoms with Crippen molar-refractivity contribution < 1.29 is 9.18 Å². The highest BCUT2D eigenvalue weighted by molar-refractivity contribution is 7.99. The summed E-state index contributed by atoms with van der Waals surface area (Å²) in [4.78, 5) is 27.9. The molecule has 8 heteroatoms. The summed E-state index contributed by atoms with van der Waals surface area (Å²) in [5, 5.41) is 5.61. The minimum absolute atomic E-state index is 0.250. The largest absolute Gasteiger partial charge is 0.338 e. The van der Waals surface area contributed by atoms with Gasteiger partial charge in [-0.1, -0.05) is 12.1 Å². The topological polar surface area (TPSA) is 78.9 Å². The van der Waals surface area contributed by atoms with Crippen LogP contribution in [0.15, 0.2) is 64.4 Å². The maximum Gasteiger partial charge on any atom is 0.330 e. The molecule has 1 aromatic heterocycles. The Morgan fingerprint density at radius 1 is 1.18 bits per heavy atom. The number of nitrogens with zero attached hydrogens (tertiary/aromatic N) is 1. The molecule has 3 rings (SSSR count). The van der Waals surface area contributed by atoms with Crippen molar-refractivity contribution in [2.24, 2.45) is 0 Å². The van der Waals surface area contributed by atoms with Crippen LogP contribution in [0.1, 0.15) is 12.1 Å². The van der Waals surface area contributed by atoms with Gasteiger partial charge in [0.2, 0.25) is 0 Å². The minimum atomic E-state index is -0.333. The highest BCUT2D eigenvalue weighted by Crippen LogP contribution is 2.20. The van der Waals surface area contributed by atoms with Crippen LogP contribution in [-0.2, 0) is 0 Å². The summed E-state index contributed by atoms with van der Waals surface area (Å²) in [6.07, 6.45) is 2.39. The number of halogens is 1. The van der Waals surface area contributed by atoms with Gasteiger partial charge in [-0.3, -0.25) is 4.57 Å². The standard InChI is InChI=1S/C20H21FN4O2S/c1-14-13-23-20(27)25(14)18-6-3-2-5-17(18)24-19(26)22-11-4-12-28-16-9-7-15(21)8-10-16/h2-3,5-10,13H,4,11-12H2,1H3,(H,23,27)(H2,22,24,26). The molecule has 0 spiro atoms. The fraction of sp³-hybridized carbons (Fsp3) is 0.200. The van der Waals surface area contributed by atoms with Crippen LogP contribution in [0.4, 0.5) is 14.9 Å². The van der Waals surface area contributed by atoms with Crippen molar-refractivity contribution in [3.8, 4) is 5.69 Å². The number of aryl methyl sites for hydroxylation is 1. The molecule has 3 aromatic rings. The Hall–Kier alpha value is -3.00. The average Bonchev–Trinajstić information content (AvgIpc) is 3.02. The maximum atomic E-state index is 12.9. The van der Waals surface area contributed by atoms with Crippen LogP contribution < -0.4 is 16.3 Å². The molecule has 6 nitrogen and oxygen atoms in total. The number of hydrogen-bond donors (Lipinski definition) is 3. The van der Waals surface area contributed by atoms with E-state index in [1.165, 1.54) is 16.7 Å². The van der Waals surface area contributed by atoms with Crippen LogP contribution in [0.25, 0.3) is 5.69 Å². The molecule has 2 aromatic carbocycles. The normalized spacial score (nSPS) is 10.6. The van der Waals surface area contributed by atoms with E-state index in [4.69, 9.17) is 0 Å². The minimum Gasteiger partial charge on any atom is -0.338 e. The van der Waals surface area contributed by atoms with Crippen molar-refractivity contribution >= 4 is 23.5 Å². The number of thioether (sulfide) groups is 1. The number of aromatic nitrogens is 2. The molecule has 0 saturated heterocycles. The van der Waals surface area contributed by atoms with Crippen molar-refractivity contribution in [2.45, 2.75) is 18.2 Å². The first-order chi connectivity index (χ1) is 13.5. The molecule has 3 N–H and O–H groups in total. The predicted octanol–water partition coefficient (Wildman–Crippen LogP) is 3.92. The van der Waals surface area contributed by atoms with E-state index in [1.54, 1.807) is 48.3 Å². The molecule has 0 saturated carbocycles. The van der Waals surface area contributed by atoms with Gasteiger partial charge in [0.15, 0.2) is 0 Å². The second-order valence-electron chi connectivity index (χ2n) is 6.12. The Labute approximate surface area is 166 Å². The summed E-state index contributed by atoms with van der Waals surface area (Å²) < 4.78 is 14.4. The van der Waals surface area contributed by atoms with Gasteiger partial charge in [-0.25, -0.2) is 14.0 Å². The lowest BCUT2D eigenvalue weighted by Crippen LogP contribution is -2.30. The van der Waals surface area contributed by atoms with Crippen molar-refractivity contribution in [2.75, 3.05) is 17.6 Å². The first-order valence-electron chi connectivity index (χ1n) is 8.84. The van der Waals surface area contributed by atoms with Gasteiger partial charge < -0.3 is 15.6 Å². The third-order valence-electron chi connectivity index (χ3n) is 4.04. The molecule has 0 radical (unpaired) electrons. The molecule has 0 atom stereocenters. The monoisotopic (exact) mass is 400 g/mol. The fourth-order valence-corrected chi connectivity index (χ4v) is 3.54. The number of benzene rings is 2. The molecule has 0 aliphatic rings. The van der Waals surface area contributed by atoms with Crippen LogP contribution >= 0.6 is 11.8 Å². The van der Waals surface area contributed by atoms with Crippen molar-refractivity contribution in [1.82, 2.24) is 14.9 Å². The van der Waals surface area contributed by atoms with Crippen LogP contribution in [-0.4, -0.2) is 27.9 Å². The molecule has 0 unspecified atom stereocenters.